The molecular formula is C83H119N13O12. The Labute approximate surface area is 637 Å². The predicted molar refractivity (Wildman–Crippen MR) is 405 cm³/mol. The third-order valence-electron chi connectivity index (χ3n) is 28.6. The molecule has 8 bridgehead atoms. The van der Waals surface area contributed by atoms with Crippen LogP contribution in [-0.4, -0.2) is 232 Å². The lowest BCUT2D eigenvalue weighted by atomic mass is 9.61. The number of carbonyl (C=O) groups is 5. The topological polar surface area (TPSA) is 322 Å². The van der Waals surface area contributed by atoms with E-state index in [-0.39, 0.29) is 22.7 Å². The second kappa shape index (κ2) is 33.4. The number of hydrogen-bond acceptors (Lipinski definition) is 20. The smallest absolute Gasteiger partial charge is 0.267 e. The second-order valence-corrected chi connectivity index (χ2v) is 33.8. The average Bonchev–Trinajstić information content (AvgIpc) is 0.748. The van der Waals surface area contributed by atoms with Crippen molar-refractivity contribution in [2.24, 2.45) is 75.7 Å². The Balaban J connectivity index is 0.000000121. The fraction of sp³-hybridized carbons (Fsp3) is 0.699. The van der Waals surface area contributed by atoms with Crippen LogP contribution in [0.5, 0.6) is 0 Å². The van der Waals surface area contributed by atoms with Crippen LogP contribution in [0.1, 0.15) is 200 Å². The van der Waals surface area contributed by atoms with E-state index >= 15 is 0 Å². The second-order valence-electron chi connectivity index (χ2n) is 33.8. The highest BCUT2D eigenvalue weighted by atomic mass is 16.5. The molecule has 5 saturated carbocycles. The van der Waals surface area contributed by atoms with Crippen LogP contribution in [0.3, 0.4) is 0 Å². The minimum Gasteiger partial charge on any atom is -0.380 e. The van der Waals surface area contributed by atoms with E-state index in [2.05, 4.69) is 39.5 Å². The Bertz CT molecular complexity index is 3630. The summed E-state index contributed by atoms with van der Waals surface area (Å²) in [4.78, 5) is 87.1. The Morgan fingerprint density at radius 3 is 0.880 bits per heavy atom. The molecule has 588 valence electrons. The summed E-state index contributed by atoms with van der Waals surface area (Å²) in [6.07, 6.45) is 30.7. The van der Waals surface area contributed by atoms with Crippen molar-refractivity contribution in [3.8, 4) is 0 Å². The standard InChI is InChI=1S/C23H33N3O3.C20H28N4O3.2C20H29N3O3/c1-28-23(16-7-10-25-20(11-16)21(24)27)17-3-2-4-18(23)13-26(12-17)19-5-8-22(9-6-19)14-29-15-22;1-13(25)23-11-17(12-23)24-9-15-4-3-5-16(10-24)20(15,27-2)14-6-7-22-18(8-14)19(21)26;2*1-25-20(14-7-8-22-18(10-14)19(21)24)15-4-2-5-16(20)12-23(11-15)17-6-3-9-26-13-17/h7,10-11,17-19H,2-6,8-9,12-15H2,1H3,(H2,24,27);6-8,15-17H,3-5,9-12H2,1-2H3,(H2,21,26);2*7-8,10,15-17H,2-6,9,11-13H2,1H3,(H2,21,24)/t;;15?,16?,17-,20?;/m..0./s1. The first-order valence-electron chi connectivity index (χ1n) is 40.5. The lowest BCUT2D eigenvalue weighted by molar-refractivity contribution is -0.182. The molecule has 8 aliphatic heterocycles. The van der Waals surface area contributed by atoms with Crippen LogP contribution in [0.15, 0.2) is 73.3 Å². The molecule has 25 heteroatoms. The van der Waals surface area contributed by atoms with E-state index in [1.165, 1.54) is 77.0 Å². The van der Waals surface area contributed by atoms with E-state index in [1.807, 2.05) is 74.8 Å². The summed E-state index contributed by atoms with van der Waals surface area (Å²) in [5.41, 5.74) is 26.4. The number of piperidine rings is 4. The largest absolute Gasteiger partial charge is 0.380 e. The molecule has 108 heavy (non-hydrogen) atoms. The molecule has 10 atom stereocenters. The van der Waals surface area contributed by atoms with Gasteiger partial charge in [0.15, 0.2) is 0 Å². The van der Waals surface area contributed by atoms with Crippen molar-refractivity contribution in [3.05, 3.63) is 118 Å². The summed E-state index contributed by atoms with van der Waals surface area (Å²) in [6.45, 7) is 16.9. The van der Waals surface area contributed by atoms with Crippen LogP contribution >= 0.6 is 0 Å². The van der Waals surface area contributed by atoms with Gasteiger partial charge in [-0.2, -0.15) is 0 Å². The maximum Gasteiger partial charge on any atom is 0.267 e. The summed E-state index contributed by atoms with van der Waals surface area (Å²) in [7, 11) is 7.25. The molecule has 5 amide bonds. The van der Waals surface area contributed by atoms with Crippen molar-refractivity contribution in [2.75, 3.05) is 134 Å². The van der Waals surface area contributed by atoms with E-state index in [4.69, 9.17) is 56.1 Å². The summed E-state index contributed by atoms with van der Waals surface area (Å²) in [5.74, 6) is 1.41. The van der Waals surface area contributed by atoms with Gasteiger partial charge in [0.2, 0.25) is 5.91 Å². The van der Waals surface area contributed by atoms with Crippen LogP contribution in [0.4, 0.5) is 0 Å². The highest BCUT2D eigenvalue weighted by Crippen LogP contribution is 2.57. The van der Waals surface area contributed by atoms with Crippen LogP contribution in [0.25, 0.3) is 0 Å². The quantitative estimate of drug-likeness (QED) is 0.0840. The molecule has 5 aliphatic carbocycles. The SMILES string of the molecule is COC1(c2ccnc(C(N)=O)c2)C2CCCC1CN(C1CCC3(CC1)COC3)C2.COC1(c2ccnc(C(N)=O)c2)C2CCCC1CN(C1CCCOC1)C2.COC1(c2ccnc(C(N)=O)c2)C2CCCC1CN(C1CN(C(C)=O)C1)C2.COC1(c2ccnc(C(N)=O)c2)C2CCCC1CN([C@H]1CCCOC1)C2. The van der Waals surface area contributed by atoms with Gasteiger partial charge in [-0.05, 0) is 174 Å². The number of ether oxygens (including phenoxy) is 7. The Morgan fingerprint density at radius 2 is 0.648 bits per heavy atom. The van der Waals surface area contributed by atoms with Gasteiger partial charge in [0.05, 0.1) is 26.4 Å². The highest BCUT2D eigenvalue weighted by molar-refractivity contribution is 5.92. The van der Waals surface area contributed by atoms with E-state index in [9.17, 15) is 24.0 Å². The molecule has 8 N–H and O–H groups in total. The van der Waals surface area contributed by atoms with Crippen molar-refractivity contribution < 1.29 is 57.1 Å². The lowest BCUT2D eigenvalue weighted by Gasteiger charge is -2.58. The number of nitrogens with zero attached hydrogens (tertiary/aromatic N) is 9. The third-order valence-corrected chi connectivity index (χ3v) is 28.6. The number of likely N-dealkylation sites (tertiary alicyclic amines) is 5. The highest BCUT2D eigenvalue weighted by Gasteiger charge is 2.59. The van der Waals surface area contributed by atoms with Crippen LogP contribution in [-0.2, 0) is 60.4 Å². The monoisotopic (exact) mass is 1490 g/mol. The molecule has 12 heterocycles. The predicted octanol–water partition coefficient (Wildman–Crippen LogP) is 7.56. The van der Waals surface area contributed by atoms with Crippen molar-refractivity contribution in [1.82, 2.24) is 44.4 Å². The number of nitrogens with two attached hydrogens (primary N) is 4. The Morgan fingerprint density at radius 1 is 0.370 bits per heavy atom. The molecule has 0 aromatic carbocycles. The van der Waals surface area contributed by atoms with Gasteiger partial charge in [0.1, 0.15) is 45.2 Å². The van der Waals surface area contributed by atoms with Gasteiger partial charge < -0.3 is 61.0 Å². The van der Waals surface area contributed by atoms with Gasteiger partial charge in [0, 0.05) is 216 Å². The zero-order valence-corrected chi connectivity index (χ0v) is 64.5. The molecule has 17 rings (SSSR count). The number of primary amides is 4. The van der Waals surface area contributed by atoms with Gasteiger partial charge in [-0.15, -0.1) is 0 Å². The Hall–Kier alpha value is -6.49. The Kier molecular flexibility index (Phi) is 24.2. The minimum absolute atomic E-state index is 0.158. The van der Waals surface area contributed by atoms with Crippen molar-refractivity contribution in [2.45, 2.75) is 182 Å². The van der Waals surface area contributed by atoms with Crippen molar-refractivity contribution in [3.63, 3.8) is 0 Å². The number of hydrogen-bond donors (Lipinski definition) is 4. The fourth-order valence-corrected chi connectivity index (χ4v) is 23.2. The van der Waals surface area contributed by atoms with Gasteiger partial charge in [-0.25, -0.2) is 0 Å². The number of pyridine rings is 4. The van der Waals surface area contributed by atoms with E-state index in [0.29, 0.717) is 99.7 Å². The summed E-state index contributed by atoms with van der Waals surface area (Å²) >= 11 is 0. The summed E-state index contributed by atoms with van der Waals surface area (Å²) < 4.78 is 42.1. The zero-order valence-electron chi connectivity index (χ0n) is 64.5. The van der Waals surface area contributed by atoms with Gasteiger partial charge in [-0.1, -0.05) is 25.7 Å². The molecule has 4 aromatic rings. The van der Waals surface area contributed by atoms with Gasteiger partial charge >= 0.3 is 0 Å². The number of aromatic nitrogens is 4. The molecule has 0 radical (unpaired) electrons. The van der Waals surface area contributed by atoms with Gasteiger partial charge in [0.25, 0.3) is 23.6 Å². The minimum atomic E-state index is -0.510. The number of rotatable bonds is 16. The molecule has 9 unspecified atom stereocenters. The average molecular weight is 1490 g/mol. The number of amides is 5. The van der Waals surface area contributed by atoms with Gasteiger partial charge in [-0.3, -0.25) is 63.5 Å². The zero-order chi connectivity index (χ0) is 75.5. The fourth-order valence-electron chi connectivity index (χ4n) is 23.2. The molecule has 13 fully saturated rings. The molecule has 1 spiro atoms. The lowest BCUT2D eigenvalue weighted by Crippen LogP contribution is -2.67. The van der Waals surface area contributed by atoms with Crippen LogP contribution < -0.4 is 22.9 Å². The molecule has 13 aliphatic rings. The number of carbonyl (C=O) groups excluding carboxylic acids is 5. The van der Waals surface area contributed by atoms with E-state index < -0.39 is 29.2 Å². The number of fused-ring (bicyclic) bond motifs is 8. The molecular weight excluding hydrogens is 1370 g/mol. The normalized spacial score (nSPS) is 34.1. The van der Waals surface area contributed by atoms with Crippen LogP contribution in [0, 0.1) is 52.8 Å². The molecule has 4 aromatic heterocycles. The van der Waals surface area contributed by atoms with Crippen LogP contribution in [0.2, 0.25) is 0 Å². The van der Waals surface area contributed by atoms with E-state index in [0.717, 1.165) is 179 Å². The first-order valence-corrected chi connectivity index (χ1v) is 40.5. The van der Waals surface area contributed by atoms with Crippen molar-refractivity contribution in [1.29, 1.82) is 0 Å². The first kappa shape index (κ1) is 78.2. The first-order chi connectivity index (χ1) is 52.3. The summed E-state index contributed by atoms with van der Waals surface area (Å²) in [6, 6.07) is 17.6. The maximum atomic E-state index is 11.7. The van der Waals surface area contributed by atoms with E-state index in [1.54, 1.807) is 38.8 Å². The number of methoxy groups -OCH3 is 4. The molecule has 25 nitrogen and oxygen atoms in total. The van der Waals surface area contributed by atoms with Crippen molar-refractivity contribution >= 4 is 29.5 Å². The maximum absolute atomic E-state index is 11.7. The third kappa shape index (κ3) is 15.0. The molecule has 8 saturated heterocycles. The summed E-state index contributed by atoms with van der Waals surface area (Å²) in [5, 5.41) is 0.